The average Bonchev–Trinajstić information content (AvgIpc) is 3.16. The van der Waals surface area contributed by atoms with E-state index in [-0.39, 0.29) is 6.42 Å². The summed E-state index contributed by atoms with van der Waals surface area (Å²) >= 11 is 0. The van der Waals surface area contributed by atoms with Crippen molar-refractivity contribution < 1.29 is 29.4 Å². The molecule has 0 saturated carbocycles. The lowest BCUT2D eigenvalue weighted by Crippen LogP contribution is -2.53. The van der Waals surface area contributed by atoms with Crippen LogP contribution in [0.4, 0.5) is 0 Å². The van der Waals surface area contributed by atoms with Crippen LogP contribution in [0.3, 0.4) is 0 Å². The Morgan fingerprint density at radius 2 is 1.64 bits per heavy atom. The second kappa shape index (κ2) is 8.00. The van der Waals surface area contributed by atoms with Crippen LogP contribution in [0.15, 0.2) is 24.3 Å². The Kier molecular flexibility index (Phi) is 5.67. The normalized spacial score (nSPS) is 24.9. The zero-order chi connectivity index (χ0) is 20.4. The van der Waals surface area contributed by atoms with Gasteiger partial charge in [0.2, 0.25) is 11.8 Å². The first-order valence-electron chi connectivity index (χ1n) is 9.43. The summed E-state index contributed by atoms with van der Waals surface area (Å²) in [5, 5.41) is 21.4. The Labute approximate surface area is 162 Å². The lowest BCUT2D eigenvalue weighted by Gasteiger charge is -2.31. The lowest BCUT2D eigenvalue weighted by molar-refractivity contribution is -0.150. The van der Waals surface area contributed by atoms with E-state index in [0.29, 0.717) is 25.8 Å². The summed E-state index contributed by atoms with van der Waals surface area (Å²) in [4.78, 5) is 49.7. The minimum Gasteiger partial charge on any atom is -0.481 e. The highest BCUT2D eigenvalue weighted by Crippen LogP contribution is 2.31. The van der Waals surface area contributed by atoms with Gasteiger partial charge >= 0.3 is 11.9 Å². The quantitative estimate of drug-likeness (QED) is 0.682. The molecule has 1 aromatic carbocycles. The molecule has 0 aromatic heterocycles. The number of hydrogen-bond acceptors (Lipinski definition) is 4. The van der Waals surface area contributed by atoms with E-state index < -0.39 is 47.7 Å². The first kappa shape index (κ1) is 19.9. The van der Waals surface area contributed by atoms with E-state index in [1.807, 2.05) is 24.3 Å². The van der Waals surface area contributed by atoms with Gasteiger partial charge in [0.05, 0.1) is 11.8 Å². The van der Waals surface area contributed by atoms with Gasteiger partial charge in [-0.1, -0.05) is 24.3 Å². The van der Waals surface area contributed by atoms with Crippen LogP contribution in [-0.4, -0.2) is 57.5 Å². The van der Waals surface area contributed by atoms with Crippen molar-refractivity contribution >= 4 is 23.8 Å². The molecule has 1 fully saturated rings. The molecule has 4 atom stereocenters. The summed E-state index contributed by atoms with van der Waals surface area (Å²) in [5.41, 5.74) is 1.86. The summed E-state index contributed by atoms with van der Waals surface area (Å²) < 4.78 is 0. The van der Waals surface area contributed by atoms with Gasteiger partial charge < -0.3 is 20.4 Å². The molecule has 3 rings (SSSR count). The zero-order valence-corrected chi connectivity index (χ0v) is 15.6. The number of nitrogens with one attached hydrogen (secondary N) is 1. The van der Waals surface area contributed by atoms with Crippen LogP contribution < -0.4 is 5.32 Å². The van der Waals surface area contributed by atoms with Gasteiger partial charge in [-0.3, -0.25) is 14.4 Å². The van der Waals surface area contributed by atoms with Crippen LogP contribution in [-0.2, 0) is 32.0 Å². The monoisotopic (exact) mass is 388 g/mol. The summed E-state index contributed by atoms with van der Waals surface area (Å²) in [6.45, 7) is 1.84. The fraction of sp³-hybridized carbons (Fsp3) is 0.500. The van der Waals surface area contributed by atoms with E-state index in [9.17, 15) is 29.4 Å². The van der Waals surface area contributed by atoms with Crippen LogP contribution in [0.25, 0.3) is 0 Å². The Bertz CT molecular complexity index is 808. The van der Waals surface area contributed by atoms with E-state index in [1.165, 1.54) is 11.8 Å². The van der Waals surface area contributed by atoms with E-state index in [2.05, 4.69) is 5.32 Å². The average molecular weight is 388 g/mol. The lowest BCUT2D eigenvalue weighted by atomic mass is 9.75. The number of carboxylic acid groups (broad SMARTS) is 2. The van der Waals surface area contributed by atoms with Gasteiger partial charge in [0, 0.05) is 6.54 Å². The van der Waals surface area contributed by atoms with Crippen molar-refractivity contribution in [2.75, 3.05) is 6.54 Å². The van der Waals surface area contributed by atoms with Gasteiger partial charge in [-0.2, -0.15) is 0 Å². The van der Waals surface area contributed by atoms with E-state index in [4.69, 9.17) is 0 Å². The van der Waals surface area contributed by atoms with Crippen LogP contribution in [0, 0.1) is 11.8 Å². The first-order chi connectivity index (χ1) is 13.3. The summed E-state index contributed by atoms with van der Waals surface area (Å²) in [6.07, 6.45) is 1.55. The first-order valence-corrected chi connectivity index (χ1v) is 9.43. The number of rotatable bonds is 5. The number of amides is 2. The molecule has 1 aliphatic heterocycles. The zero-order valence-electron chi connectivity index (χ0n) is 15.6. The fourth-order valence-electron chi connectivity index (χ4n) is 4.17. The third kappa shape index (κ3) is 3.85. The molecular weight excluding hydrogens is 364 g/mol. The molecule has 0 bridgehead atoms. The number of nitrogens with zero attached hydrogens (tertiary/aromatic N) is 1. The number of carboxylic acids is 2. The van der Waals surface area contributed by atoms with Crippen molar-refractivity contribution in [1.29, 1.82) is 0 Å². The van der Waals surface area contributed by atoms with E-state index in [1.54, 1.807) is 0 Å². The molecule has 8 heteroatoms. The maximum Gasteiger partial charge on any atom is 0.326 e. The van der Waals surface area contributed by atoms with E-state index >= 15 is 0 Å². The highest BCUT2D eigenvalue weighted by atomic mass is 16.4. The second-order valence-corrected chi connectivity index (χ2v) is 7.49. The van der Waals surface area contributed by atoms with Crippen LogP contribution in [0.5, 0.6) is 0 Å². The van der Waals surface area contributed by atoms with E-state index in [0.717, 1.165) is 11.1 Å². The minimum atomic E-state index is -1.06. The molecule has 150 valence electrons. The molecule has 8 nitrogen and oxygen atoms in total. The molecule has 1 saturated heterocycles. The predicted molar refractivity (Wildman–Crippen MR) is 98.4 cm³/mol. The molecule has 2 unspecified atom stereocenters. The number of likely N-dealkylation sites (tertiary alicyclic amines) is 1. The van der Waals surface area contributed by atoms with Crippen LogP contribution in [0.2, 0.25) is 0 Å². The highest BCUT2D eigenvalue weighted by molar-refractivity contribution is 5.92. The Balaban J connectivity index is 1.71. The highest BCUT2D eigenvalue weighted by Gasteiger charge is 2.40. The number of benzene rings is 1. The van der Waals surface area contributed by atoms with Crippen LogP contribution >= 0.6 is 0 Å². The van der Waals surface area contributed by atoms with Gasteiger partial charge in [0.15, 0.2) is 0 Å². The second-order valence-electron chi connectivity index (χ2n) is 7.49. The largest absolute Gasteiger partial charge is 0.481 e. The minimum absolute atomic E-state index is 0.263. The topological polar surface area (TPSA) is 124 Å². The van der Waals surface area contributed by atoms with Crippen molar-refractivity contribution in [3.8, 4) is 0 Å². The van der Waals surface area contributed by atoms with Gasteiger partial charge in [-0.05, 0) is 43.7 Å². The maximum absolute atomic E-state index is 12.8. The molecule has 1 aliphatic carbocycles. The number of hydrogen-bond donors (Lipinski definition) is 3. The van der Waals surface area contributed by atoms with Crippen molar-refractivity contribution in [3.63, 3.8) is 0 Å². The molecule has 1 heterocycles. The third-order valence-corrected chi connectivity index (χ3v) is 5.69. The SMILES string of the molecule is C[C@H](NC(=O)C1Cc2ccccc2CC1C(=O)O)C(=O)N1CCC[C@H]1C(=O)O. The van der Waals surface area contributed by atoms with Gasteiger partial charge in [-0.15, -0.1) is 0 Å². The Morgan fingerprint density at radius 3 is 2.21 bits per heavy atom. The number of carbonyl (C=O) groups is 4. The predicted octanol–water partition coefficient (Wildman–Crippen LogP) is 0.682. The molecule has 3 N–H and O–H groups in total. The van der Waals surface area contributed by atoms with Crippen molar-refractivity contribution in [2.24, 2.45) is 11.8 Å². The standard InChI is InChI=1S/C20H24N2O6/c1-11(18(24)22-8-4-7-16(22)20(27)28)21-17(23)14-9-12-5-2-3-6-13(12)10-15(14)19(25)26/h2-3,5-6,11,14-16H,4,7-10H2,1H3,(H,21,23)(H,25,26)(H,27,28)/t11-,14?,15?,16-/m0/s1. The maximum atomic E-state index is 12.8. The third-order valence-electron chi connectivity index (χ3n) is 5.69. The molecular formula is C20H24N2O6. The van der Waals surface area contributed by atoms with Crippen molar-refractivity contribution in [1.82, 2.24) is 10.2 Å². The smallest absolute Gasteiger partial charge is 0.326 e. The summed E-state index contributed by atoms with van der Waals surface area (Å²) in [5.74, 6) is -4.69. The van der Waals surface area contributed by atoms with Crippen LogP contribution in [0.1, 0.15) is 30.9 Å². The Morgan fingerprint density at radius 1 is 1.04 bits per heavy atom. The molecule has 1 aromatic rings. The summed E-state index contributed by atoms with van der Waals surface area (Å²) in [7, 11) is 0. The number of carbonyl (C=O) groups excluding carboxylic acids is 2. The number of aliphatic carboxylic acids is 2. The molecule has 0 spiro atoms. The van der Waals surface area contributed by atoms with Gasteiger partial charge in [0.1, 0.15) is 12.1 Å². The fourth-order valence-corrected chi connectivity index (χ4v) is 4.17. The molecule has 0 radical (unpaired) electrons. The summed E-state index contributed by atoms with van der Waals surface area (Å²) in [6, 6.07) is 5.64. The Hall–Kier alpha value is -2.90. The molecule has 2 aliphatic rings. The van der Waals surface area contributed by atoms with Gasteiger partial charge in [-0.25, -0.2) is 4.79 Å². The number of fused-ring (bicyclic) bond motifs is 1. The molecule has 28 heavy (non-hydrogen) atoms. The van der Waals surface area contributed by atoms with Gasteiger partial charge in [0.25, 0.3) is 0 Å². The van der Waals surface area contributed by atoms with Crippen molar-refractivity contribution in [3.05, 3.63) is 35.4 Å². The molecule has 2 amide bonds. The van der Waals surface area contributed by atoms with Crippen molar-refractivity contribution in [2.45, 2.75) is 44.7 Å².